The molecule has 1 heterocycles. The summed E-state index contributed by atoms with van der Waals surface area (Å²) in [5.74, 6) is -0.521. The molecule has 1 N–H and O–H groups in total. The molecule has 0 aliphatic rings. The van der Waals surface area contributed by atoms with Crippen molar-refractivity contribution in [2.75, 3.05) is 11.1 Å². The molecule has 0 saturated heterocycles. The van der Waals surface area contributed by atoms with Crippen LogP contribution >= 0.6 is 23.2 Å². The highest BCUT2D eigenvalue weighted by molar-refractivity contribution is 7.91. The number of carbonyl (C=O) groups is 1. The third-order valence-corrected chi connectivity index (χ3v) is 5.76. The molecule has 3 rings (SSSR count). The van der Waals surface area contributed by atoms with E-state index < -0.39 is 15.7 Å². The van der Waals surface area contributed by atoms with Gasteiger partial charge in [-0.05, 0) is 36.4 Å². The average molecular weight is 426 g/mol. The van der Waals surface area contributed by atoms with Crippen LogP contribution in [-0.2, 0) is 9.84 Å². The smallest absolute Gasteiger partial charge is 0.322 e. The number of amides is 1. The van der Waals surface area contributed by atoms with Gasteiger partial charge in [0.15, 0.2) is 9.84 Å². The number of halogens is 2. The Morgan fingerprint density at radius 3 is 2.48 bits per heavy atom. The average Bonchev–Trinajstić information content (AvgIpc) is 3.09. The fraction of sp³-hybridized carbons (Fsp3) is 0.118. The second kappa shape index (κ2) is 7.67. The van der Waals surface area contributed by atoms with Crippen molar-refractivity contribution in [2.45, 2.75) is 11.8 Å². The van der Waals surface area contributed by atoms with Crippen molar-refractivity contribution in [3.63, 3.8) is 0 Å². The van der Waals surface area contributed by atoms with E-state index in [0.29, 0.717) is 15.6 Å². The summed E-state index contributed by atoms with van der Waals surface area (Å²) in [4.78, 5) is 12.4. The topological polar surface area (TPSA) is 102 Å². The first-order chi connectivity index (χ1) is 12.8. The lowest BCUT2D eigenvalue weighted by Gasteiger charge is -2.04. The number of sulfone groups is 1. The minimum Gasteiger partial charge on any atom is -0.403 e. The quantitative estimate of drug-likeness (QED) is 0.660. The Labute approximate surface area is 165 Å². The van der Waals surface area contributed by atoms with Crippen LogP contribution in [0.5, 0.6) is 0 Å². The van der Waals surface area contributed by atoms with Gasteiger partial charge in [0.1, 0.15) is 0 Å². The van der Waals surface area contributed by atoms with Crippen molar-refractivity contribution in [3.8, 4) is 11.5 Å². The Balaban J connectivity index is 1.82. The van der Waals surface area contributed by atoms with Crippen LogP contribution in [0.3, 0.4) is 0 Å². The second-order valence-corrected chi connectivity index (χ2v) is 8.61. The highest BCUT2D eigenvalue weighted by Crippen LogP contribution is 2.27. The number of hydrogen-bond acceptors (Lipinski definition) is 6. The van der Waals surface area contributed by atoms with Crippen LogP contribution in [-0.4, -0.2) is 30.3 Å². The van der Waals surface area contributed by atoms with E-state index in [4.69, 9.17) is 27.6 Å². The van der Waals surface area contributed by atoms with Crippen molar-refractivity contribution in [1.29, 1.82) is 0 Å². The molecular formula is C17H13Cl2N3O4S. The Bertz CT molecular complexity index is 1090. The lowest BCUT2D eigenvalue weighted by Crippen LogP contribution is -2.13. The highest BCUT2D eigenvalue weighted by atomic mass is 35.5. The number of hydrogen-bond donors (Lipinski definition) is 1. The summed E-state index contributed by atoms with van der Waals surface area (Å²) in [6.07, 6.45) is 0. The maximum absolute atomic E-state index is 12.4. The van der Waals surface area contributed by atoms with Gasteiger partial charge >= 0.3 is 6.01 Å². The molecule has 1 amide bonds. The minimum atomic E-state index is -3.42. The second-order valence-electron chi connectivity index (χ2n) is 5.46. The predicted molar refractivity (Wildman–Crippen MR) is 102 cm³/mol. The van der Waals surface area contributed by atoms with Gasteiger partial charge in [-0.15, -0.1) is 5.10 Å². The van der Waals surface area contributed by atoms with E-state index in [2.05, 4.69) is 15.5 Å². The summed E-state index contributed by atoms with van der Waals surface area (Å²) >= 11 is 11.9. The Morgan fingerprint density at radius 2 is 1.81 bits per heavy atom. The van der Waals surface area contributed by atoms with E-state index in [-0.39, 0.29) is 28.1 Å². The monoisotopic (exact) mass is 425 g/mol. The van der Waals surface area contributed by atoms with Crippen LogP contribution in [0.2, 0.25) is 10.0 Å². The summed E-state index contributed by atoms with van der Waals surface area (Å²) in [7, 11) is -3.42. The highest BCUT2D eigenvalue weighted by Gasteiger charge is 2.17. The van der Waals surface area contributed by atoms with Crippen molar-refractivity contribution in [3.05, 3.63) is 58.1 Å². The molecule has 0 aliphatic carbocycles. The van der Waals surface area contributed by atoms with Gasteiger partial charge in [0.2, 0.25) is 5.89 Å². The minimum absolute atomic E-state index is 0.0622. The van der Waals surface area contributed by atoms with Gasteiger partial charge in [0, 0.05) is 21.2 Å². The molecule has 3 aromatic rings. The number of carbonyl (C=O) groups excluding carboxylic acids is 1. The predicted octanol–water partition coefficient (Wildman–Crippen LogP) is 4.09. The number of nitrogens with zero attached hydrogens (tertiary/aromatic N) is 2. The van der Waals surface area contributed by atoms with Gasteiger partial charge < -0.3 is 4.42 Å². The lowest BCUT2D eigenvalue weighted by molar-refractivity contribution is 0.102. The molecule has 0 radical (unpaired) electrons. The molecule has 0 unspecified atom stereocenters. The van der Waals surface area contributed by atoms with Crippen molar-refractivity contribution in [1.82, 2.24) is 10.2 Å². The molecule has 10 heteroatoms. The van der Waals surface area contributed by atoms with Crippen LogP contribution in [0.1, 0.15) is 17.3 Å². The van der Waals surface area contributed by atoms with Gasteiger partial charge in [0.05, 0.1) is 10.6 Å². The van der Waals surface area contributed by atoms with Crippen molar-refractivity contribution < 1.29 is 17.6 Å². The molecule has 0 aliphatic heterocycles. The zero-order valence-corrected chi connectivity index (χ0v) is 16.3. The molecule has 0 spiro atoms. The summed E-state index contributed by atoms with van der Waals surface area (Å²) in [5, 5.41) is 10.8. The fourth-order valence-electron chi connectivity index (χ4n) is 2.23. The molecule has 0 fully saturated rings. The standard InChI is InChI=1S/C17H13Cl2N3O4S/c1-2-27(24,25)14-5-3-4-10(8-14)15(23)20-17-22-21-16(26-17)11-6-12(18)9-13(19)7-11/h3-9H,2H2,1H3,(H,20,22,23). The van der Waals surface area contributed by atoms with Crippen LogP contribution in [0, 0.1) is 0 Å². The maximum Gasteiger partial charge on any atom is 0.322 e. The zero-order valence-electron chi connectivity index (χ0n) is 13.9. The van der Waals surface area contributed by atoms with Crippen LogP contribution in [0.15, 0.2) is 51.8 Å². The third kappa shape index (κ3) is 4.47. The van der Waals surface area contributed by atoms with Gasteiger partial charge in [-0.3, -0.25) is 10.1 Å². The van der Waals surface area contributed by atoms with Gasteiger partial charge in [-0.2, -0.15) is 0 Å². The number of benzene rings is 2. The zero-order chi connectivity index (χ0) is 19.6. The Morgan fingerprint density at radius 1 is 1.11 bits per heavy atom. The molecular weight excluding hydrogens is 413 g/mol. The Kier molecular flexibility index (Phi) is 5.50. The summed E-state index contributed by atoms with van der Waals surface area (Å²) < 4.78 is 29.3. The summed E-state index contributed by atoms with van der Waals surface area (Å²) in [6.45, 7) is 1.53. The number of nitrogens with one attached hydrogen (secondary N) is 1. The third-order valence-electron chi connectivity index (χ3n) is 3.59. The Hall–Kier alpha value is -2.42. The van der Waals surface area contributed by atoms with E-state index in [1.54, 1.807) is 18.2 Å². The molecule has 7 nitrogen and oxygen atoms in total. The van der Waals surface area contributed by atoms with Crippen molar-refractivity contribution in [2.24, 2.45) is 0 Å². The first-order valence-electron chi connectivity index (χ1n) is 7.72. The normalized spacial score (nSPS) is 11.4. The SMILES string of the molecule is CCS(=O)(=O)c1cccc(C(=O)Nc2nnc(-c3cc(Cl)cc(Cl)c3)o2)c1. The molecule has 140 valence electrons. The summed E-state index contributed by atoms with van der Waals surface area (Å²) in [6, 6.07) is 10.3. The largest absolute Gasteiger partial charge is 0.403 e. The van der Waals surface area contributed by atoms with Gasteiger partial charge in [-0.25, -0.2) is 8.42 Å². The summed E-state index contributed by atoms with van der Waals surface area (Å²) in [5.41, 5.74) is 0.645. The first kappa shape index (κ1) is 19.3. The van der Waals surface area contributed by atoms with Crippen molar-refractivity contribution >= 4 is 45.0 Å². The molecule has 0 atom stereocenters. The number of anilines is 1. The number of aromatic nitrogens is 2. The van der Waals surface area contributed by atoms with E-state index in [1.807, 2.05) is 0 Å². The van der Waals surface area contributed by atoms with E-state index in [9.17, 15) is 13.2 Å². The number of rotatable bonds is 5. The van der Waals surface area contributed by atoms with Crippen LogP contribution in [0.4, 0.5) is 6.01 Å². The molecule has 1 aromatic heterocycles. The molecule has 27 heavy (non-hydrogen) atoms. The van der Waals surface area contributed by atoms with Crippen LogP contribution < -0.4 is 5.32 Å². The molecule has 0 bridgehead atoms. The fourth-order valence-corrected chi connectivity index (χ4v) is 3.69. The van der Waals surface area contributed by atoms with E-state index in [1.165, 1.54) is 31.2 Å². The molecule has 2 aromatic carbocycles. The maximum atomic E-state index is 12.4. The van der Waals surface area contributed by atoms with Gasteiger partial charge in [-0.1, -0.05) is 41.3 Å². The first-order valence-corrected chi connectivity index (χ1v) is 10.1. The molecule has 0 saturated carbocycles. The van der Waals surface area contributed by atoms with Crippen LogP contribution in [0.25, 0.3) is 11.5 Å². The van der Waals surface area contributed by atoms with E-state index in [0.717, 1.165) is 0 Å². The lowest BCUT2D eigenvalue weighted by atomic mass is 10.2. The van der Waals surface area contributed by atoms with E-state index >= 15 is 0 Å². The van der Waals surface area contributed by atoms with Gasteiger partial charge in [0.25, 0.3) is 5.91 Å².